The van der Waals surface area contributed by atoms with E-state index in [1.165, 1.54) is 0 Å². The van der Waals surface area contributed by atoms with E-state index in [2.05, 4.69) is 0 Å². The van der Waals surface area contributed by atoms with Crippen LogP contribution in [0.2, 0.25) is 0 Å². The monoisotopic (exact) mass is 412 g/mol. The molecule has 0 amide bonds. The van der Waals surface area contributed by atoms with Crippen LogP contribution in [0.25, 0.3) is 0 Å². The summed E-state index contributed by atoms with van der Waals surface area (Å²) in [5, 5.41) is 0. The molecule has 3 aromatic carbocycles. The van der Waals surface area contributed by atoms with Gasteiger partial charge >= 0.3 is 5.97 Å². The third-order valence-electron chi connectivity index (χ3n) is 5.75. The quantitative estimate of drug-likeness (QED) is 0.590. The molecule has 2 heterocycles. The molecule has 0 atom stereocenters. The molecule has 0 saturated heterocycles. The molecule has 5 nitrogen and oxygen atoms in total. The lowest BCUT2D eigenvalue weighted by Gasteiger charge is -2.37. The Morgan fingerprint density at radius 3 is 1.87 bits per heavy atom. The standard InChI is InChI=1S/C26H20O5/c1-15(27)11-17-7-9-21-23(13-17)30-24-14-18(12-16(2)28)8-10-22(24)26(21)20-6-4-3-5-19(20)25(29)31-26/h3-10,13-14H,11-12H2,1-2H3. The molecule has 154 valence electrons. The molecule has 0 saturated carbocycles. The summed E-state index contributed by atoms with van der Waals surface area (Å²) in [6, 6.07) is 18.5. The van der Waals surface area contributed by atoms with Crippen LogP contribution in [0.1, 0.15) is 52.0 Å². The Morgan fingerprint density at radius 2 is 1.32 bits per heavy atom. The highest BCUT2D eigenvalue weighted by Crippen LogP contribution is 2.56. The van der Waals surface area contributed by atoms with Gasteiger partial charge in [0.05, 0.1) is 5.56 Å². The number of rotatable bonds is 4. The molecule has 0 bridgehead atoms. The van der Waals surface area contributed by atoms with Crippen LogP contribution < -0.4 is 4.74 Å². The van der Waals surface area contributed by atoms with Crippen LogP contribution in [0.5, 0.6) is 11.5 Å². The molecule has 2 aliphatic heterocycles. The van der Waals surface area contributed by atoms with Crippen molar-refractivity contribution < 1.29 is 23.9 Å². The zero-order chi connectivity index (χ0) is 21.8. The minimum Gasteiger partial charge on any atom is -0.456 e. The van der Waals surface area contributed by atoms with E-state index in [-0.39, 0.29) is 24.4 Å². The zero-order valence-electron chi connectivity index (χ0n) is 17.2. The van der Waals surface area contributed by atoms with E-state index in [9.17, 15) is 14.4 Å². The third-order valence-corrected chi connectivity index (χ3v) is 5.75. The molecule has 5 rings (SSSR count). The van der Waals surface area contributed by atoms with E-state index in [1.54, 1.807) is 19.9 Å². The highest BCUT2D eigenvalue weighted by atomic mass is 16.6. The molecular weight excluding hydrogens is 392 g/mol. The SMILES string of the molecule is CC(=O)Cc1ccc2c(c1)Oc1cc(CC(C)=O)ccc1C21OC(=O)c2ccccc21. The Balaban J connectivity index is 1.76. The predicted molar refractivity (Wildman–Crippen MR) is 113 cm³/mol. The first-order valence-corrected chi connectivity index (χ1v) is 10.1. The fourth-order valence-electron chi connectivity index (χ4n) is 4.56. The van der Waals surface area contributed by atoms with E-state index in [0.29, 0.717) is 28.2 Å². The normalized spacial score (nSPS) is 14.8. The Hall–Kier alpha value is -3.73. The lowest BCUT2D eigenvalue weighted by atomic mass is 9.77. The summed E-state index contributed by atoms with van der Waals surface area (Å²) in [6.45, 7) is 3.08. The van der Waals surface area contributed by atoms with Gasteiger partial charge in [0, 0.05) is 29.5 Å². The molecule has 5 heteroatoms. The van der Waals surface area contributed by atoms with E-state index >= 15 is 0 Å². The summed E-state index contributed by atoms with van der Waals surface area (Å²) in [6.07, 6.45) is 0.578. The molecule has 2 aliphatic rings. The topological polar surface area (TPSA) is 69.7 Å². The van der Waals surface area contributed by atoms with Gasteiger partial charge in [-0.2, -0.15) is 0 Å². The van der Waals surface area contributed by atoms with Gasteiger partial charge in [0.2, 0.25) is 0 Å². The van der Waals surface area contributed by atoms with Gasteiger partial charge in [0.25, 0.3) is 0 Å². The molecular formula is C26H20O5. The predicted octanol–water partition coefficient (Wildman–Crippen LogP) is 4.52. The van der Waals surface area contributed by atoms with Crippen molar-refractivity contribution in [3.8, 4) is 11.5 Å². The van der Waals surface area contributed by atoms with Gasteiger partial charge in [0.15, 0.2) is 5.60 Å². The number of fused-ring (bicyclic) bond motifs is 6. The first kappa shape index (κ1) is 19.2. The molecule has 0 unspecified atom stereocenters. The van der Waals surface area contributed by atoms with Crippen molar-refractivity contribution in [2.24, 2.45) is 0 Å². The number of carbonyl (C=O) groups is 3. The molecule has 0 fully saturated rings. The summed E-state index contributed by atoms with van der Waals surface area (Å²) < 4.78 is 12.3. The molecule has 0 aromatic heterocycles. The average Bonchev–Trinajstić information content (AvgIpc) is 3.00. The van der Waals surface area contributed by atoms with Crippen molar-refractivity contribution >= 4 is 17.5 Å². The van der Waals surface area contributed by atoms with E-state index in [0.717, 1.165) is 16.7 Å². The Bertz CT molecular complexity index is 1210. The maximum Gasteiger partial charge on any atom is 0.340 e. The summed E-state index contributed by atoms with van der Waals surface area (Å²) in [5.74, 6) is 0.779. The number of ether oxygens (including phenoxy) is 2. The minimum atomic E-state index is -1.14. The maximum absolute atomic E-state index is 12.8. The molecule has 31 heavy (non-hydrogen) atoms. The molecule has 0 N–H and O–H groups in total. The fraction of sp³-hybridized carbons (Fsp3) is 0.192. The molecule has 0 radical (unpaired) electrons. The second-order valence-electron chi connectivity index (χ2n) is 8.14. The first-order chi connectivity index (χ1) is 14.9. The number of Topliss-reactive ketones (excluding diaryl/α,β-unsaturated/α-hetero) is 2. The van der Waals surface area contributed by atoms with Crippen molar-refractivity contribution in [1.29, 1.82) is 0 Å². The van der Waals surface area contributed by atoms with Gasteiger partial charge in [-0.3, -0.25) is 9.59 Å². The van der Waals surface area contributed by atoms with Gasteiger partial charge in [-0.15, -0.1) is 0 Å². The summed E-state index contributed by atoms with van der Waals surface area (Å²) in [4.78, 5) is 36.1. The van der Waals surface area contributed by atoms with Crippen LogP contribution in [-0.2, 0) is 32.8 Å². The van der Waals surface area contributed by atoms with Crippen LogP contribution >= 0.6 is 0 Å². The maximum atomic E-state index is 12.8. The number of hydrogen-bond acceptors (Lipinski definition) is 5. The summed E-state index contributed by atoms with van der Waals surface area (Å²) in [5.41, 5.74) is 3.20. The van der Waals surface area contributed by atoms with E-state index in [1.807, 2.05) is 54.6 Å². The van der Waals surface area contributed by atoms with Crippen LogP contribution in [0, 0.1) is 0 Å². The molecule has 1 spiro atoms. The van der Waals surface area contributed by atoms with Crippen LogP contribution in [0.3, 0.4) is 0 Å². The van der Waals surface area contributed by atoms with Crippen molar-refractivity contribution in [2.45, 2.75) is 32.3 Å². The largest absolute Gasteiger partial charge is 0.456 e. The van der Waals surface area contributed by atoms with E-state index in [4.69, 9.17) is 9.47 Å². The van der Waals surface area contributed by atoms with Gasteiger partial charge in [-0.25, -0.2) is 4.79 Å². The lowest BCUT2D eigenvalue weighted by molar-refractivity contribution is -0.117. The zero-order valence-corrected chi connectivity index (χ0v) is 17.2. The molecule has 0 aliphatic carbocycles. The number of ketones is 2. The van der Waals surface area contributed by atoms with E-state index < -0.39 is 11.6 Å². The van der Waals surface area contributed by atoms with Crippen molar-refractivity contribution in [1.82, 2.24) is 0 Å². The highest BCUT2D eigenvalue weighted by molar-refractivity contribution is 5.97. The number of carbonyl (C=O) groups excluding carboxylic acids is 3. The smallest absolute Gasteiger partial charge is 0.340 e. The highest BCUT2D eigenvalue weighted by Gasteiger charge is 2.53. The molecule has 3 aromatic rings. The Morgan fingerprint density at radius 1 is 0.774 bits per heavy atom. The van der Waals surface area contributed by atoms with Gasteiger partial charge in [-0.1, -0.05) is 42.5 Å². The van der Waals surface area contributed by atoms with Gasteiger partial charge in [-0.05, 0) is 43.2 Å². The second kappa shape index (κ2) is 6.91. The summed E-state index contributed by atoms with van der Waals surface area (Å²) in [7, 11) is 0. The van der Waals surface area contributed by atoms with Crippen LogP contribution in [0.15, 0.2) is 60.7 Å². The van der Waals surface area contributed by atoms with Crippen LogP contribution in [0.4, 0.5) is 0 Å². The van der Waals surface area contributed by atoms with Crippen molar-refractivity contribution in [3.05, 3.63) is 94.0 Å². The minimum absolute atomic E-state index is 0.0484. The van der Waals surface area contributed by atoms with Gasteiger partial charge < -0.3 is 9.47 Å². The Kier molecular flexibility index (Phi) is 4.29. The van der Waals surface area contributed by atoms with Crippen molar-refractivity contribution in [3.63, 3.8) is 0 Å². The van der Waals surface area contributed by atoms with Crippen LogP contribution in [-0.4, -0.2) is 17.5 Å². The summed E-state index contributed by atoms with van der Waals surface area (Å²) >= 11 is 0. The lowest BCUT2D eigenvalue weighted by Crippen LogP contribution is -2.33. The first-order valence-electron chi connectivity index (χ1n) is 10.1. The fourth-order valence-corrected chi connectivity index (χ4v) is 4.56. The Labute approximate surface area is 179 Å². The average molecular weight is 412 g/mol. The number of benzene rings is 3. The number of hydrogen-bond donors (Lipinski definition) is 0. The van der Waals surface area contributed by atoms with Crippen molar-refractivity contribution in [2.75, 3.05) is 0 Å². The second-order valence-corrected chi connectivity index (χ2v) is 8.14. The number of esters is 1. The van der Waals surface area contributed by atoms with Gasteiger partial charge in [0.1, 0.15) is 23.1 Å². The third kappa shape index (κ3) is 2.96.